The van der Waals surface area contributed by atoms with Crippen molar-refractivity contribution in [3.63, 3.8) is 0 Å². The molecule has 5 heteroatoms. The quantitative estimate of drug-likeness (QED) is 0.766. The Balaban J connectivity index is 1.96. The zero-order chi connectivity index (χ0) is 12.8. The minimum atomic E-state index is 0.542. The first-order valence-corrected chi connectivity index (χ1v) is 7.05. The molecule has 3 aromatic heterocycles. The molecule has 1 N–H and O–H groups in total. The van der Waals surface area contributed by atoms with Crippen molar-refractivity contribution >= 4 is 16.8 Å². The lowest BCUT2D eigenvalue weighted by Crippen LogP contribution is -2.09. The van der Waals surface area contributed by atoms with Crippen LogP contribution < -0.4 is 0 Å². The lowest BCUT2D eigenvalue weighted by Gasteiger charge is -2.16. The number of aromatic amines is 1. The van der Waals surface area contributed by atoms with E-state index in [9.17, 15) is 0 Å². The maximum Gasteiger partial charge on any atom is 0.179 e. The average Bonchev–Trinajstić information content (AvgIpc) is 3.15. The Morgan fingerprint density at radius 2 is 2.32 bits per heavy atom. The number of rotatable bonds is 2. The second-order valence-electron chi connectivity index (χ2n) is 5.43. The Hall–Kier alpha value is -1.91. The summed E-state index contributed by atoms with van der Waals surface area (Å²) in [5, 5.41) is 8.76. The van der Waals surface area contributed by atoms with Crippen LogP contribution in [0, 0.1) is 5.92 Å². The monoisotopic (exact) mass is 255 g/mol. The molecule has 1 saturated carbocycles. The van der Waals surface area contributed by atoms with Gasteiger partial charge in [0.1, 0.15) is 5.82 Å². The van der Waals surface area contributed by atoms with Crippen molar-refractivity contribution in [1.82, 2.24) is 24.6 Å². The van der Waals surface area contributed by atoms with Gasteiger partial charge >= 0.3 is 0 Å². The molecular weight excluding hydrogens is 238 g/mol. The van der Waals surface area contributed by atoms with Gasteiger partial charge in [0.25, 0.3) is 0 Å². The summed E-state index contributed by atoms with van der Waals surface area (Å²) in [7, 11) is 0. The molecule has 19 heavy (non-hydrogen) atoms. The predicted molar refractivity (Wildman–Crippen MR) is 73.0 cm³/mol. The number of aromatic nitrogens is 5. The molecule has 5 nitrogen and oxygen atoms in total. The third-order valence-electron chi connectivity index (χ3n) is 4.48. The molecule has 0 amide bonds. The third kappa shape index (κ3) is 1.50. The molecular formula is C14H17N5. The van der Waals surface area contributed by atoms with Crippen molar-refractivity contribution in [3.8, 4) is 0 Å². The summed E-state index contributed by atoms with van der Waals surface area (Å²) in [6.07, 6.45) is 8.80. The fourth-order valence-electron chi connectivity index (χ4n) is 3.50. The Kier molecular flexibility index (Phi) is 2.33. The SMILES string of the molecule is CC[C@@H]1CCC[C@H]1c1nnc2cnc3[nH]ccc3n12. The van der Waals surface area contributed by atoms with Gasteiger partial charge in [-0.2, -0.15) is 0 Å². The van der Waals surface area contributed by atoms with Gasteiger partial charge in [0.15, 0.2) is 11.3 Å². The van der Waals surface area contributed by atoms with Gasteiger partial charge < -0.3 is 4.98 Å². The zero-order valence-electron chi connectivity index (χ0n) is 11.0. The van der Waals surface area contributed by atoms with Gasteiger partial charge in [0.05, 0.1) is 11.7 Å². The van der Waals surface area contributed by atoms with Crippen LogP contribution in [0.1, 0.15) is 44.3 Å². The summed E-state index contributed by atoms with van der Waals surface area (Å²) in [5.41, 5.74) is 2.84. The van der Waals surface area contributed by atoms with Crippen molar-refractivity contribution < 1.29 is 0 Å². The molecule has 3 heterocycles. The van der Waals surface area contributed by atoms with Gasteiger partial charge in [0.2, 0.25) is 0 Å². The van der Waals surface area contributed by atoms with E-state index in [0.717, 1.165) is 28.6 Å². The molecule has 0 saturated heterocycles. The van der Waals surface area contributed by atoms with E-state index in [1.807, 2.05) is 6.20 Å². The van der Waals surface area contributed by atoms with Gasteiger partial charge in [-0.25, -0.2) is 4.98 Å². The van der Waals surface area contributed by atoms with Gasteiger partial charge in [0, 0.05) is 12.1 Å². The van der Waals surface area contributed by atoms with E-state index in [0.29, 0.717) is 5.92 Å². The highest BCUT2D eigenvalue weighted by Crippen LogP contribution is 2.40. The maximum atomic E-state index is 4.46. The third-order valence-corrected chi connectivity index (χ3v) is 4.48. The van der Waals surface area contributed by atoms with Gasteiger partial charge in [-0.05, 0) is 24.8 Å². The molecule has 0 radical (unpaired) electrons. The van der Waals surface area contributed by atoms with E-state index in [1.54, 1.807) is 6.20 Å². The summed E-state index contributed by atoms with van der Waals surface area (Å²) < 4.78 is 2.18. The van der Waals surface area contributed by atoms with E-state index in [1.165, 1.54) is 25.7 Å². The fourth-order valence-corrected chi connectivity index (χ4v) is 3.50. The van der Waals surface area contributed by atoms with Crippen molar-refractivity contribution in [2.75, 3.05) is 0 Å². The maximum absolute atomic E-state index is 4.46. The van der Waals surface area contributed by atoms with Crippen molar-refractivity contribution in [2.45, 2.75) is 38.5 Å². The molecule has 0 bridgehead atoms. The number of hydrogen-bond donors (Lipinski definition) is 1. The lowest BCUT2D eigenvalue weighted by molar-refractivity contribution is 0.451. The molecule has 4 rings (SSSR count). The number of hydrogen-bond acceptors (Lipinski definition) is 3. The van der Waals surface area contributed by atoms with Crippen LogP contribution in [-0.2, 0) is 0 Å². The first kappa shape index (κ1) is 11.0. The summed E-state index contributed by atoms with van der Waals surface area (Å²) in [5.74, 6) is 2.40. The van der Waals surface area contributed by atoms with Crippen molar-refractivity contribution in [1.29, 1.82) is 0 Å². The molecule has 3 aromatic rings. The van der Waals surface area contributed by atoms with Crippen LogP contribution in [0.25, 0.3) is 16.8 Å². The molecule has 0 aliphatic heterocycles. The zero-order valence-corrected chi connectivity index (χ0v) is 11.0. The van der Waals surface area contributed by atoms with Crippen molar-refractivity contribution in [2.24, 2.45) is 5.92 Å². The molecule has 1 aliphatic rings. The second kappa shape index (κ2) is 4.05. The molecule has 2 atom stereocenters. The highest BCUT2D eigenvalue weighted by atomic mass is 15.3. The minimum Gasteiger partial charge on any atom is -0.345 e. The highest BCUT2D eigenvalue weighted by molar-refractivity contribution is 5.74. The highest BCUT2D eigenvalue weighted by Gasteiger charge is 2.31. The van der Waals surface area contributed by atoms with Crippen molar-refractivity contribution in [3.05, 3.63) is 24.3 Å². The largest absolute Gasteiger partial charge is 0.345 e. The molecule has 1 aliphatic carbocycles. The smallest absolute Gasteiger partial charge is 0.179 e. The number of nitrogens with zero attached hydrogens (tertiary/aromatic N) is 4. The fraction of sp³-hybridized carbons (Fsp3) is 0.500. The van der Waals surface area contributed by atoms with Crippen LogP contribution in [-0.4, -0.2) is 24.6 Å². The molecule has 0 spiro atoms. The average molecular weight is 255 g/mol. The summed E-state index contributed by atoms with van der Waals surface area (Å²) in [6.45, 7) is 2.28. The van der Waals surface area contributed by atoms with E-state index < -0.39 is 0 Å². The Morgan fingerprint density at radius 3 is 3.21 bits per heavy atom. The summed E-state index contributed by atoms with van der Waals surface area (Å²) in [4.78, 5) is 7.53. The number of fused-ring (bicyclic) bond motifs is 3. The molecule has 0 unspecified atom stereocenters. The first-order valence-electron chi connectivity index (χ1n) is 7.05. The molecule has 0 aromatic carbocycles. The van der Waals surface area contributed by atoms with E-state index in [-0.39, 0.29) is 0 Å². The van der Waals surface area contributed by atoms with Crippen LogP contribution in [0.5, 0.6) is 0 Å². The van der Waals surface area contributed by atoms with Crippen LogP contribution in [0.2, 0.25) is 0 Å². The standard InChI is InChI=1S/C14H17N5/c1-2-9-4-3-5-10(9)14-18-17-12-8-16-13-11(19(12)14)6-7-15-13/h6-10,15H,2-5H2,1H3/t9-,10-/m1/s1. The second-order valence-corrected chi connectivity index (χ2v) is 5.43. The predicted octanol–water partition coefficient (Wildman–Crippen LogP) is 2.90. The van der Waals surface area contributed by atoms with Gasteiger partial charge in [-0.1, -0.05) is 19.8 Å². The van der Waals surface area contributed by atoms with Crippen LogP contribution in [0.3, 0.4) is 0 Å². The van der Waals surface area contributed by atoms with E-state index in [2.05, 4.69) is 37.6 Å². The Labute approximate surface area is 111 Å². The van der Waals surface area contributed by atoms with Gasteiger partial charge in [-0.3, -0.25) is 4.40 Å². The molecule has 1 fully saturated rings. The summed E-state index contributed by atoms with van der Waals surface area (Å²) >= 11 is 0. The summed E-state index contributed by atoms with van der Waals surface area (Å²) in [6, 6.07) is 2.05. The van der Waals surface area contributed by atoms with E-state index in [4.69, 9.17) is 0 Å². The Morgan fingerprint density at radius 1 is 1.37 bits per heavy atom. The normalized spacial score (nSPS) is 23.6. The minimum absolute atomic E-state index is 0.542. The first-order chi connectivity index (χ1) is 9.38. The van der Waals surface area contributed by atoms with E-state index >= 15 is 0 Å². The molecule has 98 valence electrons. The lowest BCUT2D eigenvalue weighted by atomic mass is 9.93. The van der Waals surface area contributed by atoms with Crippen LogP contribution >= 0.6 is 0 Å². The number of H-pyrrole nitrogens is 1. The topological polar surface area (TPSA) is 58.9 Å². The van der Waals surface area contributed by atoms with Crippen LogP contribution in [0.4, 0.5) is 0 Å². The van der Waals surface area contributed by atoms with Gasteiger partial charge in [-0.15, -0.1) is 10.2 Å². The number of nitrogens with one attached hydrogen (secondary N) is 1. The van der Waals surface area contributed by atoms with Crippen LogP contribution in [0.15, 0.2) is 18.5 Å². The Bertz CT molecular complexity index is 726.